The van der Waals surface area contributed by atoms with Crippen molar-refractivity contribution in [1.29, 1.82) is 0 Å². The van der Waals surface area contributed by atoms with Crippen LogP contribution in [0.4, 0.5) is 11.7 Å². The summed E-state index contributed by atoms with van der Waals surface area (Å²) >= 11 is 0. The molecule has 3 rings (SSSR count). The van der Waals surface area contributed by atoms with Crippen LogP contribution < -0.4 is 10.6 Å². The van der Waals surface area contributed by atoms with Crippen LogP contribution in [0.1, 0.15) is 12.8 Å². The van der Waals surface area contributed by atoms with Crippen molar-refractivity contribution in [2.75, 3.05) is 24.5 Å². The lowest BCUT2D eigenvalue weighted by Crippen LogP contribution is -2.38. The minimum absolute atomic E-state index is 0.0239. The quantitative estimate of drug-likeness (QED) is 0.679. The zero-order valence-corrected chi connectivity index (χ0v) is 11.0. The lowest BCUT2D eigenvalue weighted by Gasteiger charge is -2.30. The highest BCUT2D eigenvalue weighted by Gasteiger charge is 2.23. The Bertz CT molecular complexity index is 640. The first-order valence-electron chi connectivity index (χ1n) is 6.67. The summed E-state index contributed by atoms with van der Waals surface area (Å²) < 4.78 is 5.69. The number of hydrogen-bond donors (Lipinski definition) is 1. The maximum absolute atomic E-state index is 10.8. The maximum atomic E-state index is 10.8. The van der Waals surface area contributed by atoms with E-state index in [0.29, 0.717) is 29.6 Å². The number of aromatic nitrogens is 1. The zero-order valence-electron chi connectivity index (χ0n) is 11.0. The fourth-order valence-corrected chi connectivity index (χ4v) is 2.58. The second-order valence-corrected chi connectivity index (χ2v) is 5.10. The molecule has 1 aromatic carbocycles. The van der Waals surface area contributed by atoms with Gasteiger partial charge in [0.1, 0.15) is 5.52 Å². The summed E-state index contributed by atoms with van der Waals surface area (Å²) in [5.74, 6) is 0.452. The summed E-state index contributed by atoms with van der Waals surface area (Å²) in [6.07, 6.45) is 2.18. The van der Waals surface area contributed by atoms with Crippen LogP contribution in [-0.4, -0.2) is 29.5 Å². The molecule has 20 heavy (non-hydrogen) atoms. The van der Waals surface area contributed by atoms with Crippen LogP contribution in [-0.2, 0) is 0 Å². The summed E-state index contributed by atoms with van der Waals surface area (Å²) in [6, 6.07) is 4.98. The summed E-state index contributed by atoms with van der Waals surface area (Å²) in [6.45, 7) is 2.36. The van der Waals surface area contributed by atoms with Crippen molar-refractivity contribution in [3.63, 3.8) is 0 Å². The topological polar surface area (TPSA) is 98.4 Å². The molecule has 2 N–H and O–H groups in total. The Hall–Kier alpha value is -2.15. The van der Waals surface area contributed by atoms with Crippen molar-refractivity contribution < 1.29 is 9.34 Å². The van der Waals surface area contributed by atoms with E-state index in [-0.39, 0.29) is 5.69 Å². The zero-order chi connectivity index (χ0) is 14.1. The van der Waals surface area contributed by atoms with E-state index < -0.39 is 4.92 Å². The Balaban J connectivity index is 1.90. The van der Waals surface area contributed by atoms with Gasteiger partial charge in [0.15, 0.2) is 5.58 Å². The molecule has 1 aromatic heterocycles. The molecular formula is C13H16N4O3. The highest BCUT2D eigenvalue weighted by molar-refractivity contribution is 5.77. The molecule has 0 amide bonds. The van der Waals surface area contributed by atoms with Gasteiger partial charge >= 0.3 is 0 Å². The second-order valence-electron chi connectivity index (χ2n) is 5.10. The third-order valence-corrected chi connectivity index (χ3v) is 3.69. The second kappa shape index (κ2) is 5.09. The number of piperidine rings is 1. The number of anilines is 1. The Morgan fingerprint density at radius 1 is 1.55 bits per heavy atom. The minimum atomic E-state index is -0.431. The molecule has 2 aromatic rings. The van der Waals surface area contributed by atoms with E-state index in [0.717, 1.165) is 25.9 Å². The largest absolute Gasteiger partial charge is 0.423 e. The highest BCUT2D eigenvalue weighted by atomic mass is 16.6. The predicted molar refractivity (Wildman–Crippen MR) is 74.7 cm³/mol. The third-order valence-electron chi connectivity index (χ3n) is 3.69. The summed E-state index contributed by atoms with van der Waals surface area (Å²) in [7, 11) is 0. The van der Waals surface area contributed by atoms with Gasteiger partial charge in [0.05, 0.1) is 4.92 Å². The Kier molecular flexibility index (Phi) is 3.27. The van der Waals surface area contributed by atoms with Gasteiger partial charge in [-0.2, -0.15) is 4.98 Å². The predicted octanol–water partition coefficient (Wildman–Crippen LogP) is 1.91. The highest BCUT2D eigenvalue weighted by Crippen LogP contribution is 2.28. The SMILES string of the molecule is NCC1CCCN(c2nc3cc([N+](=O)[O-])ccc3o2)C1. The fourth-order valence-electron chi connectivity index (χ4n) is 2.58. The molecule has 1 unspecified atom stereocenters. The third kappa shape index (κ3) is 2.32. The molecule has 1 aliphatic heterocycles. The van der Waals surface area contributed by atoms with Gasteiger partial charge in [0.25, 0.3) is 11.7 Å². The Labute approximate surface area is 115 Å². The van der Waals surface area contributed by atoms with Crippen molar-refractivity contribution in [1.82, 2.24) is 4.98 Å². The number of non-ortho nitro benzene ring substituents is 1. The van der Waals surface area contributed by atoms with Gasteiger partial charge in [-0.15, -0.1) is 0 Å². The fraction of sp³-hybridized carbons (Fsp3) is 0.462. The van der Waals surface area contributed by atoms with Gasteiger partial charge in [-0.25, -0.2) is 0 Å². The van der Waals surface area contributed by atoms with Crippen LogP contribution in [0.5, 0.6) is 0 Å². The number of rotatable bonds is 3. The van der Waals surface area contributed by atoms with Gasteiger partial charge in [-0.1, -0.05) is 0 Å². The number of nitro benzene ring substituents is 1. The van der Waals surface area contributed by atoms with E-state index in [1.165, 1.54) is 12.1 Å². The number of benzene rings is 1. The van der Waals surface area contributed by atoms with Crippen molar-refractivity contribution in [2.24, 2.45) is 11.7 Å². The van der Waals surface area contributed by atoms with E-state index in [1.807, 2.05) is 0 Å². The van der Waals surface area contributed by atoms with Gasteiger partial charge in [-0.3, -0.25) is 10.1 Å². The molecule has 106 valence electrons. The molecule has 0 aliphatic carbocycles. The number of hydrogen-bond acceptors (Lipinski definition) is 6. The van der Waals surface area contributed by atoms with Crippen LogP contribution in [0, 0.1) is 16.0 Å². The first-order chi connectivity index (χ1) is 9.67. The van der Waals surface area contributed by atoms with Crippen molar-refractivity contribution in [3.05, 3.63) is 28.3 Å². The molecule has 1 fully saturated rings. The Morgan fingerprint density at radius 2 is 2.40 bits per heavy atom. The average Bonchev–Trinajstić information content (AvgIpc) is 2.90. The lowest BCUT2D eigenvalue weighted by molar-refractivity contribution is -0.384. The molecule has 1 aliphatic rings. The number of fused-ring (bicyclic) bond motifs is 1. The van der Waals surface area contributed by atoms with Crippen molar-refractivity contribution in [2.45, 2.75) is 12.8 Å². The normalized spacial score (nSPS) is 19.4. The molecule has 0 radical (unpaired) electrons. The van der Waals surface area contributed by atoms with E-state index in [2.05, 4.69) is 9.88 Å². The molecule has 1 atom stereocenters. The molecule has 2 heterocycles. The average molecular weight is 276 g/mol. The van der Waals surface area contributed by atoms with Gasteiger partial charge in [0, 0.05) is 25.2 Å². The first kappa shape index (κ1) is 12.9. The molecule has 0 saturated carbocycles. The molecule has 1 saturated heterocycles. The number of oxazole rings is 1. The molecule has 7 nitrogen and oxygen atoms in total. The number of nitro groups is 1. The van der Waals surface area contributed by atoms with Crippen LogP contribution >= 0.6 is 0 Å². The summed E-state index contributed by atoms with van der Waals surface area (Å²) in [5, 5.41) is 10.8. The van der Waals surface area contributed by atoms with Crippen LogP contribution in [0.3, 0.4) is 0 Å². The lowest BCUT2D eigenvalue weighted by atomic mass is 9.99. The van der Waals surface area contributed by atoms with Gasteiger partial charge < -0.3 is 15.1 Å². The molecule has 0 bridgehead atoms. The van der Waals surface area contributed by atoms with E-state index in [4.69, 9.17) is 10.2 Å². The van der Waals surface area contributed by atoms with E-state index in [9.17, 15) is 10.1 Å². The minimum Gasteiger partial charge on any atom is -0.423 e. The van der Waals surface area contributed by atoms with E-state index in [1.54, 1.807) is 6.07 Å². The van der Waals surface area contributed by atoms with Gasteiger partial charge in [-0.05, 0) is 31.4 Å². The number of nitrogens with zero attached hydrogens (tertiary/aromatic N) is 3. The monoisotopic (exact) mass is 276 g/mol. The van der Waals surface area contributed by atoms with E-state index >= 15 is 0 Å². The van der Waals surface area contributed by atoms with Gasteiger partial charge in [0.2, 0.25) is 0 Å². The first-order valence-corrected chi connectivity index (χ1v) is 6.67. The van der Waals surface area contributed by atoms with Crippen LogP contribution in [0.2, 0.25) is 0 Å². The molecule has 7 heteroatoms. The smallest absolute Gasteiger partial charge is 0.298 e. The molecular weight excluding hydrogens is 260 g/mol. The summed E-state index contributed by atoms with van der Waals surface area (Å²) in [4.78, 5) is 16.8. The van der Waals surface area contributed by atoms with Crippen LogP contribution in [0.25, 0.3) is 11.1 Å². The number of nitrogens with two attached hydrogens (primary N) is 1. The van der Waals surface area contributed by atoms with Crippen molar-refractivity contribution >= 4 is 22.8 Å². The summed E-state index contributed by atoms with van der Waals surface area (Å²) in [5.41, 5.74) is 6.83. The maximum Gasteiger partial charge on any atom is 0.298 e. The van der Waals surface area contributed by atoms with Crippen LogP contribution in [0.15, 0.2) is 22.6 Å². The van der Waals surface area contributed by atoms with Crippen molar-refractivity contribution in [3.8, 4) is 0 Å². The Morgan fingerprint density at radius 3 is 3.15 bits per heavy atom. The standard InChI is InChI=1S/C13H16N4O3/c14-7-9-2-1-5-16(8-9)13-15-11-6-10(17(18)19)3-4-12(11)20-13/h3-4,6,9H,1-2,5,7-8,14H2. The molecule has 0 spiro atoms.